The summed E-state index contributed by atoms with van der Waals surface area (Å²) >= 11 is 0. The standard InChI is InChI=1S/C24H29/c1-2-3-4-5-6-7-8-9-13-20-16-12-17-23-18-21-14-10-11-15-22(21)19-24(20)23/h10-12,14-19H,1-9,13H2. The van der Waals surface area contributed by atoms with E-state index in [1.165, 1.54) is 78.5 Å². The highest BCUT2D eigenvalue weighted by Gasteiger charge is 2.03. The van der Waals surface area contributed by atoms with Crippen molar-refractivity contribution >= 4 is 21.5 Å². The second kappa shape index (κ2) is 8.87. The molecule has 0 spiro atoms. The van der Waals surface area contributed by atoms with Crippen molar-refractivity contribution in [1.29, 1.82) is 0 Å². The van der Waals surface area contributed by atoms with E-state index in [1.54, 1.807) is 0 Å². The molecule has 0 aliphatic rings. The molecule has 0 aromatic heterocycles. The van der Waals surface area contributed by atoms with Crippen LogP contribution in [0.25, 0.3) is 21.5 Å². The Balaban J connectivity index is 1.59. The Labute approximate surface area is 146 Å². The van der Waals surface area contributed by atoms with Crippen molar-refractivity contribution in [3.8, 4) is 0 Å². The summed E-state index contributed by atoms with van der Waals surface area (Å²) in [5.41, 5.74) is 1.51. The van der Waals surface area contributed by atoms with E-state index in [9.17, 15) is 0 Å². The number of fused-ring (bicyclic) bond motifs is 2. The maximum Gasteiger partial charge on any atom is -0.0146 e. The van der Waals surface area contributed by atoms with Gasteiger partial charge in [0.05, 0.1) is 0 Å². The molecule has 3 aromatic rings. The van der Waals surface area contributed by atoms with Gasteiger partial charge < -0.3 is 0 Å². The first-order valence-electron chi connectivity index (χ1n) is 9.58. The topological polar surface area (TPSA) is 0 Å². The second-order valence-electron chi connectivity index (χ2n) is 6.92. The first-order valence-corrected chi connectivity index (χ1v) is 9.58. The highest BCUT2D eigenvalue weighted by molar-refractivity contribution is 5.99. The average Bonchev–Trinajstić information content (AvgIpc) is 2.62. The van der Waals surface area contributed by atoms with Gasteiger partial charge in [0.2, 0.25) is 0 Å². The molecule has 0 fully saturated rings. The number of hydrogen-bond donors (Lipinski definition) is 0. The van der Waals surface area contributed by atoms with E-state index in [4.69, 9.17) is 0 Å². The van der Waals surface area contributed by atoms with Gasteiger partial charge in [0.25, 0.3) is 0 Å². The molecule has 0 heteroatoms. The Hall–Kier alpha value is -1.82. The summed E-state index contributed by atoms with van der Waals surface area (Å²) in [6.45, 7) is 3.91. The van der Waals surface area contributed by atoms with Crippen LogP contribution in [-0.2, 0) is 6.42 Å². The minimum absolute atomic E-state index is 1.09. The van der Waals surface area contributed by atoms with Crippen LogP contribution in [0.5, 0.6) is 0 Å². The van der Waals surface area contributed by atoms with E-state index in [0.29, 0.717) is 0 Å². The van der Waals surface area contributed by atoms with Crippen LogP contribution in [0.1, 0.15) is 56.9 Å². The zero-order chi connectivity index (χ0) is 16.6. The summed E-state index contributed by atoms with van der Waals surface area (Å²) in [5.74, 6) is 0. The van der Waals surface area contributed by atoms with E-state index in [2.05, 4.69) is 61.5 Å². The minimum Gasteiger partial charge on any atom is -0.0616 e. The molecule has 24 heavy (non-hydrogen) atoms. The fraction of sp³-hybridized carbons (Fsp3) is 0.375. The Morgan fingerprint density at radius 1 is 0.583 bits per heavy atom. The largest absolute Gasteiger partial charge is 0.0616 e. The lowest BCUT2D eigenvalue weighted by Gasteiger charge is -2.09. The highest BCUT2D eigenvalue weighted by atomic mass is 14.1. The van der Waals surface area contributed by atoms with Crippen molar-refractivity contribution in [1.82, 2.24) is 0 Å². The lowest BCUT2D eigenvalue weighted by Crippen LogP contribution is -1.89. The van der Waals surface area contributed by atoms with Crippen LogP contribution >= 0.6 is 0 Å². The lowest BCUT2D eigenvalue weighted by molar-refractivity contribution is 0.581. The van der Waals surface area contributed by atoms with Gasteiger partial charge in [-0.3, -0.25) is 0 Å². The monoisotopic (exact) mass is 317 g/mol. The van der Waals surface area contributed by atoms with Crippen molar-refractivity contribution in [2.75, 3.05) is 0 Å². The van der Waals surface area contributed by atoms with Crippen molar-refractivity contribution in [3.05, 3.63) is 67.1 Å². The molecule has 1 radical (unpaired) electrons. The molecule has 0 aliphatic carbocycles. The zero-order valence-corrected chi connectivity index (χ0v) is 14.8. The smallest absolute Gasteiger partial charge is 0.0146 e. The van der Waals surface area contributed by atoms with E-state index in [-0.39, 0.29) is 0 Å². The Morgan fingerprint density at radius 2 is 1.21 bits per heavy atom. The van der Waals surface area contributed by atoms with Gasteiger partial charge >= 0.3 is 0 Å². The van der Waals surface area contributed by atoms with E-state index >= 15 is 0 Å². The Morgan fingerprint density at radius 3 is 1.96 bits per heavy atom. The van der Waals surface area contributed by atoms with Crippen LogP contribution in [-0.4, -0.2) is 0 Å². The van der Waals surface area contributed by atoms with Gasteiger partial charge in [-0.15, -0.1) is 0 Å². The fourth-order valence-electron chi connectivity index (χ4n) is 3.63. The van der Waals surface area contributed by atoms with E-state index in [0.717, 1.165) is 6.42 Å². The van der Waals surface area contributed by atoms with Gasteiger partial charge in [0, 0.05) is 0 Å². The number of benzene rings is 3. The normalized spacial score (nSPS) is 11.4. The van der Waals surface area contributed by atoms with E-state index < -0.39 is 0 Å². The van der Waals surface area contributed by atoms with Crippen LogP contribution in [0.4, 0.5) is 0 Å². The Bertz CT molecular complexity index is 769. The molecule has 0 saturated heterocycles. The molecule has 0 unspecified atom stereocenters. The van der Waals surface area contributed by atoms with Crippen molar-refractivity contribution < 1.29 is 0 Å². The summed E-state index contributed by atoms with van der Waals surface area (Å²) in [5, 5.41) is 5.50. The van der Waals surface area contributed by atoms with Gasteiger partial charge in [-0.1, -0.05) is 94.3 Å². The maximum atomic E-state index is 3.91. The first kappa shape index (κ1) is 17.0. The predicted molar refractivity (Wildman–Crippen MR) is 107 cm³/mol. The zero-order valence-electron chi connectivity index (χ0n) is 14.8. The van der Waals surface area contributed by atoms with Gasteiger partial charge in [0.1, 0.15) is 0 Å². The third kappa shape index (κ3) is 4.38. The molecule has 3 aromatic carbocycles. The first-order chi connectivity index (χ1) is 11.9. The number of unbranched alkanes of at least 4 members (excludes halogenated alkanes) is 7. The maximum absolute atomic E-state index is 3.91. The van der Waals surface area contributed by atoms with Gasteiger partial charge in [-0.05, 0) is 52.1 Å². The second-order valence-corrected chi connectivity index (χ2v) is 6.92. The van der Waals surface area contributed by atoms with Crippen molar-refractivity contribution in [3.63, 3.8) is 0 Å². The molecular formula is C24H29. The minimum atomic E-state index is 1.09. The summed E-state index contributed by atoms with van der Waals surface area (Å²) < 4.78 is 0. The summed E-state index contributed by atoms with van der Waals surface area (Å²) in [6.07, 6.45) is 11.8. The molecule has 125 valence electrons. The van der Waals surface area contributed by atoms with Gasteiger partial charge in [-0.25, -0.2) is 0 Å². The summed E-state index contributed by atoms with van der Waals surface area (Å²) in [4.78, 5) is 0. The molecule has 0 aliphatic heterocycles. The molecule has 0 nitrogen and oxygen atoms in total. The molecule has 0 N–H and O–H groups in total. The summed E-state index contributed by atoms with van der Waals surface area (Å²) in [6, 6.07) is 20.1. The number of rotatable bonds is 9. The molecule has 0 bridgehead atoms. The van der Waals surface area contributed by atoms with Crippen LogP contribution in [0.15, 0.2) is 54.6 Å². The molecule has 0 amide bonds. The van der Waals surface area contributed by atoms with Crippen molar-refractivity contribution in [2.24, 2.45) is 0 Å². The molecule has 3 rings (SSSR count). The van der Waals surface area contributed by atoms with Crippen LogP contribution in [0.3, 0.4) is 0 Å². The van der Waals surface area contributed by atoms with Crippen LogP contribution < -0.4 is 0 Å². The number of aryl methyl sites for hydroxylation is 1. The Kier molecular flexibility index (Phi) is 6.29. The molecule has 0 heterocycles. The highest BCUT2D eigenvalue weighted by Crippen LogP contribution is 2.26. The summed E-state index contributed by atoms with van der Waals surface area (Å²) in [7, 11) is 0. The SMILES string of the molecule is [CH2]CCCCCCCCCc1cccc2cc3ccccc3cc12. The lowest BCUT2D eigenvalue weighted by atomic mass is 9.96. The predicted octanol–water partition coefficient (Wildman–Crippen LogP) is 7.49. The molecule has 0 atom stereocenters. The number of hydrogen-bond acceptors (Lipinski definition) is 0. The van der Waals surface area contributed by atoms with Crippen LogP contribution in [0, 0.1) is 6.92 Å². The fourth-order valence-corrected chi connectivity index (χ4v) is 3.63. The third-order valence-electron chi connectivity index (χ3n) is 5.03. The molecule has 0 saturated carbocycles. The van der Waals surface area contributed by atoms with Gasteiger partial charge in [0.15, 0.2) is 0 Å². The third-order valence-corrected chi connectivity index (χ3v) is 5.03. The molecular weight excluding hydrogens is 288 g/mol. The quantitative estimate of drug-likeness (QED) is 0.283. The van der Waals surface area contributed by atoms with Gasteiger partial charge in [-0.2, -0.15) is 0 Å². The van der Waals surface area contributed by atoms with E-state index in [1.807, 2.05) is 0 Å². The van der Waals surface area contributed by atoms with Crippen molar-refractivity contribution in [2.45, 2.75) is 57.8 Å². The average molecular weight is 317 g/mol. The van der Waals surface area contributed by atoms with Crippen LogP contribution in [0.2, 0.25) is 0 Å².